The van der Waals surface area contributed by atoms with E-state index in [1.165, 1.54) is 30.5 Å². The molecule has 2 saturated carbocycles. The third-order valence-electron chi connectivity index (χ3n) is 4.50. The highest BCUT2D eigenvalue weighted by Crippen LogP contribution is 2.53. The molecule has 1 aromatic carbocycles. The molecule has 0 saturated heterocycles. The number of hydrogen-bond donors (Lipinski definition) is 0. The second-order valence-electron chi connectivity index (χ2n) is 5.27. The van der Waals surface area contributed by atoms with Crippen molar-refractivity contribution in [3.63, 3.8) is 0 Å². The van der Waals surface area contributed by atoms with Crippen molar-refractivity contribution in [2.24, 2.45) is 22.9 Å². The van der Waals surface area contributed by atoms with E-state index in [1.807, 2.05) is 0 Å². The van der Waals surface area contributed by atoms with E-state index in [2.05, 4.69) is 35.5 Å². The van der Waals surface area contributed by atoms with Crippen LogP contribution in [0, 0.1) is 17.8 Å². The lowest BCUT2D eigenvalue weighted by Gasteiger charge is -2.22. The molecule has 0 unspecified atom stereocenters. The van der Waals surface area contributed by atoms with Crippen LogP contribution in [-0.4, -0.2) is 11.8 Å². The van der Waals surface area contributed by atoms with Crippen molar-refractivity contribution in [1.29, 1.82) is 0 Å². The number of nitrogens with zero attached hydrogens (tertiary/aromatic N) is 1. The van der Waals surface area contributed by atoms with Gasteiger partial charge in [-0.25, -0.2) is 0 Å². The van der Waals surface area contributed by atoms with Crippen LogP contribution in [0.25, 0.3) is 0 Å². The van der Waals surface area contributed by atoms with Gasteiger partial charge in [0.1, 0.15) is 6.10 Å². The molecule has 2 nitrogen and oxygen atoms in total. The van der Waals surface area contributed by atoms with E-state index in [1.54, 1.807) is 0 Å². The minimum atomic E-state index is 0.397. The number of hydrogen-bond acceptors (Lipinski definition) is 2. The minimum absolute atomic E-state index is 0.397. The molecule has 1 heterocycles. The number of oxime groups is 1. The Labute approximate surface area is 95.3 Å². The van der Waals surface area contributed by atoms with E-state index in [0.29, 0.717) is 12.0 Å². The van der Waals surface area contributed by atoms with Gasteiger partial charge in [-0.05, 0) is 36.7 Å². The first-order chi connectivity index (χ1) is 7.93. The summed E-state index contributed by atoms with van der Waals surface area (Å²) >= 11 is 0. The molecule has 0 radical (unpaired) electrons. The van der Waals surface area contributed by atoms with E-state index >= 15 is 0 Å². The fraction of sp³-hybridized carbons (Fsp3) is 0.500. The summed E-state index contributed by atoms with van der Waals surface area (Å²) in [5, 5.41) is 4.35. The van der Waals surface area contributed by atoms with Crippen molar-refractivity contribution in [1.82, 2.24) is 0 Å². The second-order valence-corrected chi connectivity index (χ2v) is 5.27. The van der Waals surface area contributed by atoms with E-state index < -0.39 is 0 Å². The first-order valence-electron chi connectivity index (χ1n) is 6.22. The van der Waals surface area contributed by atoms with Crippen LogP contribution in [0.1, 0.15) is 24.8 Å². The summed E-state index contributed by atoms with van der Waals surface area (Å²) in [6, 6.07) is 10.5. The normalized spacial score (nSPS) is 39.4. The summed E-state index contributed by atoms with van der Waals surface area (Å²) in [6.45, 7) is 0. The van der Waals surface area contributed by atoms with Gasteiger partial charge in [0.2, 0.25) is 0 Å². The predicted molar refractivity (Wildman–Crippen MR) is 62.2 cm³/mol. The highest BCUT2D eigenvalue weighted by molar-refractivity contribution is 6.03. The molecular weight excluding hydrogens is 198 g/mol. The molecule has 16 heavy (non-hydrogen) atoms. The minimum Gasteiger partial charge on any atom is -0.391 e. The molecule has 3 aliphatic rings. The van der Waals surface area contributed by atoms with Gasteiger partial charge < -0.3 is 4.84 Å². The van der Waals surface area contributed by atoms with Crippen LogP contribution in [0.5, 0.6) is 0 Å². The van der Waals surface area contributed by atoms with Gasteiger partial charge in [-0.3, -0.25) is 0 Å². The van der Waals surface area contributed by atoms with Gasteiger partial charge in [0.15, 0.2) is 0 Å². The van der Waals surface area contributed by atoms with Crippen molar-refractivity contribution in [2.45, 2.75) is 25.4 Å². The van der Waals surface area contributed by atoms with Crippen LogP contribution in [0.2, 0.25) is 0 Å². The zero-order chi connectivity index (χ0) is 10.5. The summed E-state index contributed by atoms with van der Waals surface area (Å²) < 4.78 is 0. The highest BCUT2D eigenvalue weighted by atomic mass is 16.6. The summed E-state index contributed by atoms with van der Waals surface area (Å²) in [7, 11) is 0. The molecule has 4 rings (SSSR count). The molecular formula is C14H15NO. The zero-order valence-electron chi connectivity index (χ0n) is 9.17. The summed E-state index contributed by atoms with van der Waals surface area (Å²) in [6.07, 6.45) is 4.49. The van der Waals surface area contributed by atoms with Crippen LogP contribution < -0.4 is 0 Å². The highest BCUT2D eigenvalue weighted by Gasteiger charge is 2.54. The lowest BCUT2D eigenvalue weighted by atomic mass is 9.81. The summed E-state index contributed by atoms with van der Waals surface area (Å²) in [4.78, 5) is 5.67. The molecule has 0 N–H and O–H groups in total. The van der Waals surface area contributed by atoms with E-state index in [4.69, 9.17) is 4.84 Å². The Bertz CT molecular complexity index is 439. The molecule has 1 aliphatic heterocycles. The van der Waals surface area contributed by atoms with E-state index in [9.17, 15) is 0 Å². The standard InChI is InChI=1S/C14H15NO/c1-2-4-9(5-3-1)13-12-10-6-7-11(8-10)14(12)16-15-13/h1-5,10-12,14H,6-8H2/t10-,11+,12-,14-/m1/s1. The Hall–Kier alpha value is -1.31. The van der Waals surface area contributed by atoms with Crippen LogP contribution in [0.4, 0.5) is 0 Å². The third-order valence-corrected chi connectivity index (χ3v) is 4.50. The monoisotopic (exact) mass is 213 g/mol. The maximum atomic E-state index is 5.67. The van der Waals surface area contributed by atoms with Gasteiger partial charge in [0.05, 0.1) is 5.71 Å². The van der Waals surface area contributed by atoms with E-state index in [-0.39, 0.29) is 0 Å². The quantitative estimate of drug-likeness (QED) is 0.703. The molecule has 2 aliphatic carbocycles. The Balaban J connectivity index is 1.72. The first kappa shape index (κ1) is 8.80. The molecule has 0 spiro atoms. The smallest absolute Gasteiger partial charge is 0.139 e. The molecule has 0 amide bonds. The number of fused-ring (bicyclic) bond motifs is 5. The Morgan fingerprint density at radius 3 is 2.75 bits per heavy atom. The average Bonchev–Trinajstić information content (AvgIpc) is 3.03. The van der Waals surface area contributed by atoms with E-state index in [0.717, 1.165) is 11.8 Å². The van der Waals surface area contributed by atoms with Gasteiger partial charge >= 0.3 is 0 Å². The zero-order valence-corrected chi connectivity index (χ0v) is 9.17. The average molecular weight is 213 g/mol. The van der Waals surface area contributed by atoms with Crippen LogP contribution in [0.15, 0.2) is 35.5 Å². The van der Waals surface area contributed by atoms with Crippen molar-refractivity contribution < 1.29 is 4.84 Å². The van der Waals surface area contributed by atoms with Crippen molar-refractivity contribution in [3.05, 3.63) is 35.9 Å². The van der Waals surface area contributed by atoms with Gasteiger partial charge in [-0.15, -0.1) is 0 Å². The molecule has 2 fully saturated rings. The lowest BCUT2D eigenvalue weighted by Crippen LogP contribution is -2.29. The SMILES string of the molecule is c1ccc(C2=NO[C@@H]3[C@H]4CC[C@H](C4)[C@H]23)cc1. The van der Waals surface area contributed by atoms with Crippen molar-refractivity contribution in [2.75, 3.05) is 0 Å². The van der Waals surface area contributed by atoms with Gasteiger partial charge in [0.25, 0.3) is 0 Å². The van der Waals surface area contributed by atoms with Crippen LogP contribution in [0.3, 0.4) is 0 Å². The molecule has 2 bridgehead atoms. The molecule has 4 atom stereocenters. The molecule has 82 valence electrons. The van der Waals surface area contributed by atoms with Crippen molar-refractivity contribution in [3.8, 4) is 0 Å². The fourth-order valence-corrected chi connectivity index (χ4v) is 3.80. The molecule has 0 aromatic heterocycles. The largest absolute Gasteiger partial charge is 0.391 e. The maximum absolute atomic E-state index is 5.67. The lowest BCUT2D eigenvalue weighted by molar-refractivity contribution is 0.0275. The van der Waals surface area contributed by atoms with Gasteiger partial charge in [-0.1, -0.05) is 35.5 Å². The topological polar surface area (TPSA) is 21.6 Å². The summed E-state index contributed by atoms with van der Waals surface area (Å²) in [5.74, 6) is 2.19. The second kappa shape index (κ2) is 3.09. The number of rotatable bonds is 1. The maximum Gasteiger partial charge on any atom is 0.139 e. The Kier molecular flexibility index (Phi) is 1.70. The predicted octanol–water partition coefficient (Wildman–Crippen LogP) is 2.84. The Morgan fingerprint density at radius 1 is 1.06 bits per heavy atom. The molecule has 1 aromatic rings. The number of benzene rings is 1. The van der Waals surface area contributed by atoms with Gasteiger partial charge in [0, 0.05) is 5.92 Å². The van der Waals surface area contributed by atoms with Gasteiger partial charge in [-0.2, -0.15) is 0 Å². The van der Waals surface area contributed by atoms with Crippen molar-refractivity contribution >= 4 is 5.71 Å². The van der Waals surface area contributed by atoms with Crippen LogP contribution >= 0.6 is 0 Å². The fourth-order valence-electron chi connectivity index (χ4n) is 3.80. The van der Waals surface area contributed by atoms with Crippen LogP contribution in [-0.2, 0) is 4.84 Å². The summed E-state index contributed by atoms with van der Waals surface area (Å²) in [5.41, 5.74) is 2.46. The third kappa shape index (κ3) is 1.05. The molecule has 2 heteroatoms. The first-order valence-corrected chi connectivity index (χ1v) is 6.22. The Morgan fingerprint density at radius 2 is 1.88 bits per heavy atom.